The summed E-state index contributed by atoms with van der Waals surface area (Å²) in [7, 11) is 0. The summed E-state index contributed by atoms with van der Waals surface area (Å²) < 4.78 is 22.6. The summed E-state index contributed by atoms with van der Waals surface area (Å²) in [6.07, 6.45) is 1.50. The van der Waals surface area contributed by atoms with Crippen LogP contribution in [0.3, 0.4) is 0 Å². The summed E-state index contributed by atoms with van der Waals surface area (Å²) in [4.78, 5) is 28.9. The molecule has 7 nitrogen and oxygen atoms in total. The average Bonchev–Trinajstić information content (AvgIpc) is 2.81. The summed E-state index contributed by atoms with van der Waals surface area (Å²) in [5.74, 6) is 0.285. The number of hydrogen-bond acceptors (Lipinski definition) is 6. The normalized spacial score (nSPS) is 18.3. The standard InChI is InChI=1S/C26H25ClFN5O2/c1-14-9-18(7-8-29-14)23-13-32(12-15(2)35-23)24-11-22(20-6-5-19(27)10-21(20)28)33-25(34)16(3)17(4)30-26(33)31-24/h5-11,15,23H,12-13H2,1-4H3/t15-,23-/m1/s1. The maximum absolute atomic E-state index is 15.1. The maximum atomic E-state index is 15.1. The second-order valence-corrected chi connectivity index (χ2v) is 9.39. The van der Waals surface area contributed by atoms with Crippen LogP contribution in [0.4, 0.5) is 10.2 Å². The number of ether oxygens (including phenoxy) is 1. The van der Waals surface area contributed by atoms with Gasteiger partial charge in [0.25, 0.3) is 5.56 Å². The Labute approximate surface area is 207 Å². The van der Waals surface area contributed by atoms with E-state index in [-0.39, 0.29) is 34.1 Å². The van der Waals surface area contributed by atoms with E-state index < -0.39 is 5.82 Å². The topological polar surface area (TPSA) is 72.6 Å². The predicted octanol–water partition coefficient (Wildman–Crippen LogP) is 4.84. The Kier molecular flexibility index (Phi) is 6.02. The molecule has 35 heavy (non-hydrogen) atoms. The quantitative estimate of drug-likeness (QED) is 0.407. The van der Waals surface area contributed by atoms with Gasteiger partial charge in [-0.1, -0.05) is 11.6 Å². The molecule has 0 N–H and O–H groups in total. The van der Waals surface area contributed by atoms with Gasteiger partial charge in [-0.3, -0.25) is 9.78 Å². The molecular weight excluding hydrogens is 469 g/mol. The van der Waals surface area contributed by atoms with Crippen LogP contribution in [0.1, 0.15) is 35.5 Å². The highest BCUT2D eigenvalue weighted by Gasteiger charge is 2.29. The fraction of sp³-hybridized carbons (Fsp3) is 0.308. The number of hydrogen-bond donors (Lipinski definition) is 0. The van der Waals surface area contributed by atoms with E-state index in [1.54, 1.807) is 38.2 Å². The Bertz CT molecular complexity index is 1510. The van der Waals surface area contributed by atoms with Crippen molar-refractivity contribution < 1.29 is 9.13 Å². The monoisotopic (exact) mass is 493 g/mol. The number of aromatic nitrogens is 4. The van der Waals surface area contributed by atoms with Crippen molar-refractivity contribution in [3.05, 3.63) is 86.3 Å². The fourth-order valence-corrected chi connectivity index (χ4v) is 4.62. The zero-order valence-corrected chi connectivity index (χ0v) is 20.7. The van der Waals surface area contributed by atoms with Gasteiger partial charge in [0.15, 0.2) is 0 Å². The van der Waals surface area contributed by atoms with Gasteiger partial charge < -0.3 is 9.64 Å². The highest BCUT2D eigenvalue weighted by Crippen LogP contribution is 2.32. The number of pyridine rings is 1. The van der Waals surface area contributed by atoms with Crippen molar-refractivity contribution in [2.24, 2.45) is 0 Å². The summed E-state index contributed by atoms with van der Waals surface area (Å²) in [5, 5.41) is 0.278. The molecular formula is C26H25ClFN5O2. The van der Waals surface area contributed by atoms with Crippen LogP contribution in [0.15, 0.2) is 47.4 Å². The Morgan fingerprint density at radius 2 is 1.89 bits per heavy atom. The molecule has 4 heterocycles. The van der Waals surface area contributed by atoms with Crippen LogP contribution < -0.4 is 10.5 Å². The molecule has 5 rings (SSSR count). The second-order valence-electron chi connectivity index (χ2n) is 8.96. The molecule has 4 aromatic rings. The largest absolute Gasteiger partial charge is 0.367 e. The highest BCUT2D eigenvalue weighted by molar-refractivity contribution is 6.30. The van der Waals surface area contributed by atoms with Crippen molar-refractivity contribution in [2.45, 2.75) is 39.9 Å². The molecule has 0 saturated carbocycles. The van der Waals surface area contributed by atoms with Crippen molar-refractivity contribution in [1.82, 2.24) is 19.4 Å². The van der Waals surface area contributed by atoms with Crippen LogP contribution in [0.2, 0.25) is 5.02 Å². The lowest BCUT2D eigenvalue weighted by molar-refractivity contribution is -0.0176. The van der Waals surface area contributed by atoms with Gasteiger partial charge in [-0.05, 0) is 63.6 Å². The molecule has 9 heteroatoms. The zero-order chi connectivity index (χ0) is 24.9. The number of rotatable bonds is 3. The molecule has 2 atom stereocenters. The van der Waals surface area contributed by atoms with E-state index in [2.05, 4.69) is 14.9 Å². The van der Waals surface area contributed by atoms with Gasteiger partial charge in [0, 0.05) is 52.9 Å². The highest BCUT2D eigenvalue weighted by atomic mass is 35.5. The third kappa shape index (κ3) is 4.39. The molecule has 1 fully saturated rings. The molecule has 1 aromatic carbocycles. The predicted molar refractivity (Wildman–Crippen MR) is 134 cm³/mol. The number of aryl methyl sites for hydroxylation is 2. The molecule has 0 amide bonds. The molecule has 0 aliphatic carbocycles. The van der Waals surface area contributed by atoms with Crippen LogP contribution in [-0.4, -0.2) is 38.5 Å². The Hall–Kier alpha value is -3.36. The van der Waals surface area contributed by atoms with E-state index in [0.717, 1.165) is 11.3 Å². The first-order chi connectivity index (χ1) is 16.7. The molecule has 0 spiro atoms. The van der Waals surface area contributed by atoms with Gasteiger partial charge in [0.2, 0.25) is 5.78 Å². The van der Waals surface area contributed by atoms with E-state index in [1.807, 2.05) is 26.0 Å². The van der Waals surface area contributed by atoms with Crippen molar-refractivity contribution in [3.63, 3.8) is 0 Å². The van der Waals surface area contributed by atoms with E-state index in [0.29, 0.717) is 35.9 Å². The second kappa shape index (κ2) is 9.02. The Morgan fingerprint density at radius 3 is 2.63 bits per heavy atom. The van der Waals surface area contributed by atoms with Crippen LogP contribution in [-0.2, 0) is 4.74 Å². The van der Waals surface area contributed by atoms with Crippen molar-refractivity contribution in [1.29, 1.82) is 0 Å². The molecule has 0 radical (unpaired) electrons. The number of fused-ring (bicyclic) bond motifs is 1. The Balaban J connectivity index is 1.68. The van der Waals surface area contributed by atoms with Crippen LogP contribution in [0.25, 0.3) is 17.0 Å². The molecule has 3 aromatic heterocycles. The molecule has 180 valence electrons. The molecule has 0 unspecified atom stereocenters. The van der Waals surface area contributed by atoms with Gasteiger partial charge >= 0.3 is 0 Å². The smallest absolute Gasteiger partial charge is 0.262 e. The minimum atomic E-state index is -0.526. The molecule has 1 saturated heterocycles. The van der Waals surface area contributed by atoms with Crippen LogP contribution in [0.5, 0.6) is 0 Å². The first-order valence-corrected chi connectivity index (χ1v) is 11.8. The maximum Gasteiger partial charge on any atom is 0.262 e. The van der Waals surface area contributed by atoms with Gasteiger partial charge in [-0.15, -0.1) is 0 Å². The van der Waals surface area contributed by atoms with Crippen LogP contribution >= 0.6 is 11.6 Å². The first kappa shape index (κ1) is 23.4. The third-order valence-corrected chi connectivity index (χ3v) is 6.57. The van der Waals surface area contributed by atoms with Crippen molar-refractivity contribution in [3.8, 4) is 11.3 Å². The summed E-state index contributed by atoms with van der Waals surface area (Å²) in [5.41, 5.74) is 3.35. The van der Waals surface area contributed by atoms with Crippen LogP contribution in [0, 0.1) is 26.6 Å². The first-order valence-electron chi connectivity index (χ1n) is 11.4. The van der Waals surface area contributed by atoms with Gasteiger partial charge in [-0.25, -0.2) is 13.8 Å². The van der Waals surface area contributed by atoms with E-state index in [4.69, 9.17) is 21.3 Å². The number of anilines is 1. The SMILES string of the molecule is Cc1cc([C@H]2CN(c3cc(-c4ccc(Cl)cc4F)n4c(=O)c(C)c(C)nc4n3)C[C@@H](C)O2)ccn1. The van der Waals surface area contributed by atoms with E-state index in [9.17, 15) is 4.79 Å². The lowest BCUT2D eigenvalue weighted by Gasteiger charge is -2.38. The molecule has 1 aliphatic rings. The van der Waals surface area contributed by atoms with E-state index >= 15 is 4.39 Å². The minimum Gasteiger partial charge on any atom is -0.367 e. The van der Waals surface area contributed by atoms with Crippen molar-refractivity contribution >= 4 is 23.2 Å². The number of halogens is 2. The summed E-state index contributed by atoms with van der Waals surface area (Å²) in [6, 6.07) is 10.1. The lowest BCUT2D eigenvalue weighted by atomic mass is 10.1. The zero-order valence-electron chi connectivity index (χ0n) is 19.9. The number of morpholine rings is 1. The van der Waals surface area contributed by atoms with Gasteiger partial charge in [-0.2, -0.15) is 4.98 Å². The molecule has 1 aliphatic heterocycles. The lowest BCUT2D eigenvalue weighted by Crippen LogP contribution is -2.43. The fourth-order valence-electron chi connectivity index (χ4n) is 4.46. The number of nitrogens with zero attached hydrogens (tertiary/aromatic N) is 5. The molecule has 0 bridgehead atoms. The number of benzene rings is 1. The van der Waals surface area contributed by atoms with Crippen molar-refractivity contribution in [2.75, 3.05) is 18.0 Å². The minimum absolute atomic E-state index is 0.0779. The Morgan fingerprint density at radius 1 is 1.09 bits per heavy atom. The third-order valence-electron chi connectivity index (χ3n) is 6.34. The summed E-state index contributed by atoms with van der Waals surface area (Å²) in [6.45, 7) is 8.55. The van der Waals surface area contributed by atoms with E-state index in [1.165, 1.54) is 10.5 Å². The average molecular weight is 494 g/mol. The summed E-state index contributed by atoms with van der Waals surface area (Å²) >= 11 is 5.99. The van der Waals surface area contributed by atoms with Gasteiger partial charge in [0.05, 0.1) is 11.8 Å². The van der Waals surface area contributed by atoms with Gasteiger partial charge in [0.1, 0.15) is 17.7 Å².